The molecule has 132 valence electrons. The van der Waals surface area contributed by atoms with Gasteiger partial charge in [0.2, 0.25) is 10.0 Å². The summed E-state index contributed by atoms with van der Waals surface area (Å²) in [6.07, 6.45) is 0.502. The third kappa shape index (κ3) is 3.68. The third-order valence-electron chi connectivity index (χ3n) is 3.96. The van der Waals surface area contributed by atoms with Gasteiger partial charge in [-0.2, -0.15) is 4.31 Å². The second kappa shape index (κ2) is 7.18. The summed E-state index contributed by atoms with van der Waals surface area (Å²) >= 11 is 0. The second-order valence-electron chi connectivity index (χ2n) is 5.59. The van der Waals surface area contributed by atoms with E-state index in [0.717, 1.165) is 27.6 Å². The molecule has 1 amide bonds. The molecule has 1 saturated heterocycles. The summed E-state index contributed by atoms with van der Waals surface area (Å²) < 4.78 is 26.4. The number of piperazine rings is 1. The van der Waals surface area contributed by atoms with Gasteiger partial charge in [0.1, 0.15) is 6.04 Å². The number of nitrogens with zero attached hydrogens (tertiary/aromatic N) is 2. The Morgan fingerprint density at radius 1 is 1.17 bits per heavy atom. The van der Waals surface area contributed by atoms with Gasteiger partial charge in [-0.3, -0.25) is 4.79 Å². The number of amides is 1. The SMILES string of the molecule is CCCc1ccc(S(=O)(=O)N2CCN(C(=O)O)C[C@@H]2C(=O)O)cc1. The lowest BCUT2D eigenvalue weighted by Crippen LogP contribution is -2.59. The van der Waals surface area contributed by atoms with Gasteiger partial charge in [0.15, 0.2) is 0 Å². The molecule has 1 aromatic carbocycles. The van der Waals surface area contributed by atoms with Crippen molar-refractivity contribution in [1.29, 1.82) is 0 Å². The largest absolute Gasteiger partial charge is 0.480 e. The number of hydrogen-bond acceptors (Lipinski definition) is 4. The molecule has 1 aliphatic heterocycles. The van der Waals surface area contributed by atoms with Crippen molar-refractivity contribution in [1.82, 2.24) is 9.21 Å². The molecule has 1 aromatic rings. The second-order valence-corrected chi connectivity index (χ2v) is 7.48. The Balaban J connectivity index is 2.29. The van der Waals surface area contributed by atoms with Crippen molar-refractivity contribution >= 4 is 22.1 Å². The Morgan fingerprint density at radius 3 is 2.29 bits per heavy atom. The molecule has 24 heavy (non-hydrogen) atoms. The smallest absolute Gasteiger partial charge is 0.407 e. The molecule has 2 N–H and O–H groups in total. The first-order valence-corrected chi connectivity index (χ1v) is 9.02. The van der Waals surface area contributed by atoms with Gasteiger partial charge in [0.25, 0.3) is 0 Å². The van der Waals surface area contributed by atoms with Gasteiger partial charge >= 0.3 is 12.1 Å². The van der Waals surface area contributed by atoms with Crippen molar-refractivity contribution in [2.24, 2.45) is 0 Å². The number of hydrogen-bond donors (Lipinski definition) is 2. The molecule has 0 unspecified atom stereocenters. The number of aliphatic carboxylic acids is 1. The average Bonchev–Trinajstić information content (AvgIpc) is 2.55. The first-order chi connectivity index (χ1) is 11.3. The Labute approximate surface area is 140 Å². The summed E-state index contributed by atoms with van der Waals surface area (Å²) in [6.45, 7) is 1.37. The highest BCUT2D eigenvalue weighted by Gasteiger charge is 2.41. The number of carbonyl (C=O) groups is 2. The predicted octanol–water partition coefficient (Wildman–Crippen LogP) is 1.08. The number of benzene rings is 1. The average molecular weight is 356 g/mol. The van der Waals surface area contributed by atoms with Crippen LogP contribution in [0.3, 0.4) is 0 Å². The Hall–Kier alpha value is -2.13. The molecule has 2 rings (SSSR count). The highest BCUT2D eigenvalue weighted by atomic mass is 32.2. The molecule has 0 aromatic heterocycles. The van der Waals surface area contributed by atoms with E-state index in [1.54, 1.807) is 12.1 Å². The van der Waals surface area contributed by atoms with E-state index in [1.165, 1.54) is 12.1 Å². The highest BCUT2D eigenvalue weighted by Crippen LogP contribution is 2.22. The van der Waals surface area contributed by atoms with Gasteiger partial charge in [-0.15, -0.1) is 0 Å². The zero-order valence-electron chi connectivity index (χ0n) is 13.3. The maximum absolute atomic E-state index is 12.7. The summed E-state index contributed by atoms with van der Waals surface area (Å²) in [7, 11) is -4.00. The van der Waals surface area contributed by atoms with Gasteiger partial charge in [-0.25, -0.2) is 13.2 Å². The molecular weight excluding hydrogens is 336 g/mol. The molecule has 0 aliphatic carbocycles. The van der Waals surface area contributed by atoms with E-state index >= 15 is 0 Å². The lowest BCUT2D eigenvalue weighted by atomic mass is 10.1. The van der Waals surface area contributed by atoms with Crippen LogP contribution in [0.2, 0.25) is 0 Å². The molecule has 0 bridgehead atoms. The molecule has 1 fully saturated rings. The quantitative estimate of drug-likeness (QED) is 0.816. The van der Waals surface area contributed by atoms with E-state index in [2.05, 4.69) is 0 Å². The van der Waals surface area contributed by atoms with Crippen LogP contribution in [-0.4, -0.2) is 65.6 Å². The van der Waals surface area contributed by atoms with E-state index in [0.29, 0.717) is 0 Å². The molecule has 8 nitrogen and oxygen atoms in total. The number of rotatable bonds is 5. The van der Waals surface area contributed by atoms with E-state index in [4.69, 9.17) is 5.11 Å². The zero-order chi connectivity index (χ0) is 17.9. The topological polar surface area (TPSA) is 115 Å². The van der Waals surface area contributed by atoms with Crippen LogP contribution in [-0.2, 0) is 21.2 Å². The Morgan fingerprint density at radius 2 is 1.79 bits per heavy atom. The van der Waals surface area contributed by atoms with E-state index in [1.807, 2.05) is 6.92 Å². The monoisotopic (exact) mass is 356 g/mol. The van der Waals surface area contributed by atoms with Crippen LogP contribution in [0.4, 0.5) is 4.79 Å². The van der Waals surface area contributed by atoms with E-state index < -0.39 is 34.7 Å². The fourth-order valence-corrected chi connectivity index (χ4v) is 4.25. The minimum Gasteiger partial charge on any atom is -0.480 e. The minimum absolute atomic E-state index is 0.0115. The lowest BCUT2D eigenvalue weighted by molar-refractivity contribution is -0.142. The van der Waals surface area contributed by atoms with Crippen LogP contribution < -0.4 is 0 Å². The van der Waals surface area contributed by atoms with Crippen molar-refractivity contribution in [2.75, 3.05) is 19.6 Å². The molecule has 0 spiro atoms. The zero-order valence-corrected chi connectivity index (χ0v) is 14.1. The first-order valence-electron chi connectivity index (χ1n) is 7.58. The number of carboxylic acids is 1. The van der Waals surface area contributed by atoms with Crippen LogP contribution in [0.15, 0.2) is 29.2 Å². The Kier molecular flexibility index (Phi) is 5.45. The van der Waals surface area contributed by atoms with Crippen molar-refractivity contribution in [3.05, 3.63) is 29.8 Å². The summed E-state index contributed by atoms with van der Waals surface area (Å²) in [5, 5.41) is 18.3. The number of carboxylic acid groups (broad SMARTS) is 2. The van der Waals surface area contributed by atoms with Gasteiger partial charge in [-0.05, 0) is 24.1 Å². The van der Waals surface area contributed by atoms with Crippen molar-refractivity contribution in [3.63, 3.8) is 0 Å². The molecular formula is C15H20N2O6S. The summed E-state index contributed by atoms with van der Waals surface area (Å²) in [6, 6.07) is 4.90. The van der Waals surface area contributed by atoms with Gasteiger partial charge < -0.3 is 15.1 Å². The standard InChI is InChI=1S/C15H20N2O6S/c1-2-3-11-4-6-12(7-5-11)24(22,23)17-9-8-16(15(20)21)10-13(17)14(18)19/h4-7,13H,2-3,8-10H2,1H3,(H,18,19)(H,20,21)/t13-/m1/s1. The first kappa shape index (κ1) is 18.2. The van der Waals surface area contributed by atoms with Crippen molar-refractivity contribution < 1.29 is 28.2 Å². The normalized spacial score (nSPS) is 19.2. The maximum atomic E-state index is 12.7. The molecule has 0 saturated carbocycles. The van der Waals surface area contributed by atoms with Gasteiger partial charge in [-0.1, -0.05) is 25.5 Å². The van der Waals surface area contributed by atoms with Crippen LogP contribution in [0.1, 0.15) is 18.9 Å². The fourth-order valence-electron chi connectivity index (χ4n) is 2.68. The summed E-state index contributed by atoms with van der Waals surface area (Å²) in [5.74, 6) is -1.37. The summed E-state index contributed by atoms with van der Waals surface area (Å²) in [4.78, 5) is 23.4. The molecule has 1 aliphatic rings. The molecule has 1 heterocycles. The number of sulfonamides is 1. The van der Waals surface area contributed by atoms with Crippen LogP contribution in [0.5, 0.6) is 0 Å². The molecule has 1 atom stereocenters. The lowest BCUT2D eigenvalue weighted by Gasteiger charge is -2.37. The predicted molar refractivity (Wildman–Crippen MR) is 85.4 cm³/mol. The molecule has 0 radical (unpaired) electrons. The van der Waals surface area contributed by atoms with E-state index in [9.17, 15) is 23.1 Å². The molecule has 9 heteroatoms. The summed E-state index contributed by atoms with van der Waals surface area (Å²) in [5.41, 5.74) is 1.00. The Bertz CT molecular complexity index is 716. The van der Waals surface area contributed by atoms with Gasteiger partial charge in [0.05, 0.1) is 11.4 Å². The van der Waals surface area contributed by atoms with Crippen LogP contribution >= 0.6 is 0 Å². The van der Waals surface area contributed by atoms with Crippen molar-refractivity contribution in [3.8, 4) is 0 Å². The van der Waals surface area contributed by atoms with Crippen molar-refractivity contribution in [2.45, 2.75) is 30.7 Å². The maximum Gasteiger partial charge on any atom is 0.407 e. The fraction of sp³-hybridized carbons (Fsp3) is 0.467. The highest BCUT2D eigenvalue weighted by molar-refractivity contribution is 7.89. The third-order valence-corrected chi connectivity index (χ3v) is 5.88. The minimum atomic E-state index is -4.00. The van der Waals surface area contributed by atoms with Gasteiger partial charge in [0, 0.05) is 13.1 Å². The number of aryl methyl sites for hydroxylation is 1. The van der Waals surface area contributed by atoms with Crippen LogP contribution in [0.25, 0.3) is 0 Å². The van der Waals surface area contributed by atoms with E-state index in [-0.39, 0.29) is 18.0 Å². The van der Waals surface area contributed by atoms with Crippen LogP contribution in [0, 0.1) is 0 Å².